The summed E-state index contributed by atoms with van der Waals surface area (Å²) in [6, 6.07) is 15.8. The summed E-state index contributed by atoms with van der Waals surface area (Å²) in [5.74, 6) is 0.753. The number of benzene rings is 2. The molecule has 2 aromatic carbocycles. The lowest BCUT2D eigenvalue weighted by atomic mass is 9.91. The van der Waals surface area contributed by atoms with Gasteiger partial charge in [-0.15, -0.1) is 0 Å². The van der Waals surface area contributed by atoms with Crippen LogP contribution < -0.4 is 5.32 Å². The summed E-state index contributed by atoms with van der Waals surface area (Å²) in [6.45, 7) is 7.82. The lowest BCUT2D eigenvalue weighted by molar-refractivity contribution is 0.410. The van der Waals surface area contributed by atoms with E-state index in [1.54, 1.807) is 0 Å². The molecule has 0 aliphatic heterocycles. The molecule has 2 rings (SSSR count). The molecule has 0 aliphatic carbocycles. The Bertz CT molecular complexity index is 513. The van der Waals surface area contributed by atoms with Crippen molar-refractivity contribution in [3.8, 4) is 0 Å². The quantitative estimate of drug-likeness (QED) is 0.772. The van der Waals surface area contributed by atoms with E-state index in [0.29, 0.717) is 6.04 Å². The van der Waals surface area contributed by atoms with Crippen LogP contribution in [0.15, 0.2) is 42.5 Å². The topological polar surface area (TPSA) is 12.0 Å². The fraction of sp³-hybridized carbons (Fsp3) is 0.444. The smallest absolute Gasteiger partial charge is 0.0328 e. The van der Waals surface area contributed by atoms with Crippen molar-refractivity contribution < 1.29 is 0 Å². The Labute approximate surface area is 117 Å². The first kappa shape index (κ1) is 14.1. The molecule has 0 saturated heterocycles. The van der Waals surface area contributed by atoms with Gasteiger partial charge in [-0.3, -0.25) is 0 Å². The summed E-state index contributed by atoms with van der Waals surface area (Å²) < 4.78 is 0. The van der Waals surface area contributed by atoms with E-state index in [-0.39, 0.29) is 0 Å². The molecule has 0 bridgehead atoms. The van der Waals surface area contributed by atoms with Gasteiger partial charge < -0.3 is 5.32 Å². The lowest BCUT2D eigenvalue weighted by Crippen LogP contribution is -2.23. The van der Waals surface area contributed by atoms with Crippen molar-refractivity contribution in [3.63, 3.8) is 0 Å². The van der Waals surface area contributed by atoms with Crippen LogP contribution >= 0.6 is 0 Å². The number of fused-ring (bicyclic) bond motifs is 1. The molecular formula is C18H25N. The summed E-state index contributed by atoms with van der Waals surface area (Å²) in [6.07, 6.45) is 2.45. The maximum absolute atomic E-state index is 3.66. The Morgan fingerprint density at radius 1 is 1.00 bits per heavy atom. The molecule has 0 aliphatic rings. The van der Waals surface area contributed by atoms with Gasteiger partial charge in [0, 0.05) is 6.04 Å². The fourth-order valence-corrected chi connectivity index (χ4v) is 2.69. The number of hydrogen-bond donors (Lipinski definition) is 1. The number of rotatable bonds is 6. The van der Waals surface area contributed by atoms with Crippen LogP contribution in [0.1, 0.15) is 45.2 Å². The lowest BCUT2D eigenvalue weighted by Gasteiger charge is -2.23. The standard InChI is InChI=1S/C18H25N/c1-4-14(3)13-18(19-5-2)17-12-8-10-15-9-6-7-11-16(15)17/h6-12,14,18-19H,4-5,13H2,1-3H3. The molecule has 1 heteroatoms. The Balaban J connectivity index is 2.38. The molecule has 19 heavy (non-hydrogen) atoms. The Hall–Kier alpha value is -1.34. The highest BCUT2D eigenvalue weighted by atomic mass is 14.9. The third kappa shape index (κ3) is 3.36. The zero-order valence-electron chi connectivity index (χ0n) is 12.3. The van der Waals surface area contributed by atoms with E-state index in [0.717, 1.165) is 12.5 Å². The van der Waals surface area contributed by atoms with Gasteiger partial charge in [0.05, 0.1) is 0 Å². The molecule has 0 saturated carbocycles. The van der Waals surface area contributed by atoms with Crippen LogP contribution in [0.5, 0.6) is 0 Å². The van der Waals surface area contributed by atoms with Crippen molar-refractivity contribution in [2.75, 3.05) is 6.54 Å². The van der Waals surface area contributed by atoms with Crippen LogP contribution in [-0.4, -0.2) is 6.54 Å². The van der Waals surface area contributed by atoms with Crippen LogP contribution in [0.4, 0.5) is 0 Å². The minimum Gasteiger partial charge on any atom is -0.310 e. The second-order valence-electron chi connectivity index (χ2n) is 5.43. The Morgan fingerprint density at radius 3 is 2.47 bits per heavy atom. The van der Waals surface area contributed by atoms with Gasteiger partial charge in [-0.1, -0.05) is 69.7 Å². The minimum absolute atomic E-state index is 0.464. The third-order valence-corrected chi connectivity index (χ3v) is 3.98. The van der Waals surface area contributed by atoms with E-state index < -0.39 is 0 Å². The highest BCUT2D eigenvalue weighted by Crippen LogP contribution is 2.29. The molecule has 2 aromatic rings. The fourth-order valence-electron chi connectivity index (χ4n) is 2.69. The summed E-state index contributed by atoms with van der Waals surface area (Å²) in [7, 11) is 0. The van der Waals surface area contributed by atoms with Gasteiger partial charge in [0.25, 0.3) is 0 Å². The summed E-state index contributed by atoms with van der Waals surface area (Å²) in [5, 5.41) is 6.38. The van der Waals surface area contributed by atoms with Gasteiger partial charge in [-0.05, 0) is 35.2 Å². The van der Waals surface area contributed by atoms with Crippen molar-refractivity contribution in [2.24, 2.45) is 5.92 Å². The Morgan fingerprint density at radius 2 is 1.74 bits per heavy atom. The SMILES string of the molecule is CCNC(CC(C)CC)c1cccc2ccccc12. The number of nitrogens with one attached hydrogen (secondary N) is 1. The second-order valence-corrected chi connectivity index (χ2v) is 5.43. The van der Waals surface area contributed by atoms with Crippen LogP contribution in [0, 0.1) is 5.92 Å². The molecular weight excluding hydrogens is 230 g/mol. The van der Waals surface area contributed by atoms with Gasteiger partial charge in [0.2, 0.25) is 0 Å². The number of hydrogen-bond acceptors (Lipinski definition) is 1. The normalized spacial score (nSPS) is 14.5. The molecule has 1 nitrogen and oxygen atoms in total. The van der Waals surface area contributed by atoms with Gasteiger partial charge in [0.1, 0.15) is 0 Å². The summed E-state index contributed by atoms with van der Waals surface area (Å²) in [5.41, 5.74) is 1.44. The minimum atomic E-state index is 0.464. The first-order chi connectivity index (χ1) is 9.26. The van der Waals surface area contributed by atoms with E-state index >= 15 is 0 Å². The van der Waals surface area contributed by atoms with E-state index in [1.807, 2.05) is 0 Å². The van der Waals surface area contributed by atoms with E-state index in [4.69, 9.17) is 0 Å². The molecule has 0 fully saturated rings. The molecule has 0 radical (unpaired) electrons. The molecule has 0 spiro atoms. The average Bonchev–Trinajstić information content (AvgIpc) is 2.46. The summed E-state index contributed by atoms with van der Waals surface area (Å²) >= 11 is 0. The van der Waals surface area contributed by atoms with E-state index in [1.165, 1.54) is 29.2 Å². The molecule has 0 aromatic heterocycles. The molecule has 1 N–H and O–H groups in total. The molecule has 0 amide bonds. The Kier molecular flexibility index (Phi) is 4.98. The highest BCUT2D eigenvalue weighted by molar-refractivity contribution is 5.86. The van der Waals surface area contributed by atoms with E-state index in [9.17, 15) is 0 Å². The molecule has 0 heterocycles. The van der Waals surface area contributed by atoms with Crippen LogP contribution in [0.2, 0.25) is 0 Å². The largest absolute Gasteiger partial charge is 0.310 e. The van der Waals surface area contributed by atoms with Crippen molar-refractivity contribution in [3.05, 3.63) is 48.0 Å². The van der Waals surface area contributed by atoms with Crippen LogP contribution in [-0.2, 0) is 0 Å². The maximum Gasteiger partial charge on any atom is 0.0328 e. The highest BCUT2D eigenvalue weighted by Gasteiger charge is 2.15. The summed E-state index contributed by atoms with van der Waals surface area (Å²) in [4.78, 5) is 0. The second kappa shape index (κ2) is 6.72. The van der Waals surface area contributed by atoms with Crippen molar-refractivity contribution in [1.29, 1.82) is 0 Å². The van der Waals surface area contributed by atoms with E-state index in [2.05, 4.69) is 68.6 Å². The van der Waals surface area contributed by atoms with Crippen LogP contribution in [0.3, 0.4) is 0 Å². The first-order valence-corrected chi connectivity index (χ1v) is 7.47. The molecule has 2 atom stereocenters. The molecule has 2 unspecified atom stereocenters. The monoisotopic (exact) mass is 255 g/mol. The zero-order chi connectivity index (χ0) is 13.7. The van der Waals surface area contributed by atoms with Crippen molar-refractivity contribution in [2.45, 2.75) is 39.7 Å². The van der Waals surface area contributed by atoms with Gasteiger partial charge >= 0.3 is 0 Å². The van der Waals surface area contributed by atoms with Gasteiger partial charge in [-0.2, -0.15) is 0 Å². The predicted octanol–water partition coefficient (Wildman–Crippen LogP) is 4.93. The van der Waals surface area contributed by atoms with Gasteiger partial charge in [-0.25, -0.2) is 0 Å². The molecule has 102 valence electrons. The van der Waals surface area contributed by atoms with Crippen molar-refractivity contribution >= 4 is 10.8 Å². The average molecular weight is 255 g/mol. The van der Waals surface area contributed by atoms with Crippen LogP contribution in [0.25, 0.3) is 10.8 Å². The predicted molar refractivity (Wildman–Crippen MR) is 84.4 cm³/mol. The first-order valence-electron chi connectivity index (χ1n) is 7.47. The third-order valence-electron chi connectivity index (χ3n) is 3.98. The maximum atomic E-state index is 3.66. The van der Waals surface area contributed by atoms with Crippen molar-refractivity contribution in [1.82, 2.24) is 5.32 Å². The van der Waals surface area contributed by atoms with Gasteiger partial charge in [0.15, 0.2) is 0 Å². The zero-order valence-corrected chi connectivity index (χ0v) is 12.3.